The second-order valence-electron chi connectivity index (χ2n) is 17.2. The lowest BCUT2D eigenvalue weighted by atomic mass is 9.89. The highest BCUT2D eigenvalue weighted by molar-refractivity contribution is 7.27. The lowest BCUT2D eigenvalue weighted by Gasteiger charge is -2.28. The molecule has 2 heterocycles. The van der Waals surface area contributed by atoms with Crippen LogP contribution in [-0.4, -0.2) is 0 Å². The summed E-state index contributed by atoms with van der Waals surface area (Å²) >= 11 is 3.78. The van der Waals surface area contributed by atoms with Gasteiger partial charge in [0.05, 0.1) is 16.1 Å². The van der Waals surface area contributed by atoms with Crippen molar-refractivity contribution in [1.82, 2.24) is 0 Å². The molecule has 67 heavy (non-hydrogen) atoms. The van der Waals surface area contributed by atoms with Crippen LogP contribution in [0.4, 0.5) is 17.1 Å². The molecule has 0 saturated carbocycles. The Morgan fingerprint density at radius 3 is 1.48 bits per heavy atom. The normalized spacial score (nSPS) is 11.6. The van der Waals surface area contributed by atoms with Gasteiger partial charge in [0.2, 0.25) is 0 Å². The molecule has 0 aliphatic rings. The molecule has 0 radical (unpaired) electrons. The van der Waals surface area contributed by atoms with Crippen molar-refractivity contribution >= 4 is 90.9 Å². The van der Waals surface area contributed by atoms with E-state index < -0.39 is 0 Å². The van der Waals surface area contributed by atoms with Gasteiger partial charge in [-0.25, -0.2) is 0 Å². The van der Waals surface area contributed by atoms with Crippen LogP contribution in [0.25, 0.3) is 107 Å². The molecule has 0 spiro atoms. The molecule has 0 saturated heterocycles. The number of rotatable bonds is 8. The van der Waals surface area contributed by atoms with Gasteiger partial charge in [0.1, 0.15) is 0 Å². The van der Waals surface area contributed by atoms with E-state index in [1.54, 1.807) is 0 Å². The van der Waals surface area contributed by atoms with Gasteiger partial charge in [-0.15, -0.1) is 22.7 Å². The van der Waals surface area contributed by atoms with Crippen molar-refractivity contribution in [1.29, 1.82) is 0 Å². The topological polar surface area (TPSA) is 3.24 Å². The third-order valence-corrected chi connectivity index (χ3v) is 15.7. The number of thiophene rings is 2. The van der Waals surface area contributed by atoms with Crippen LogP contribution < -0.4 is 4.90 Å². The first-order valence-corrected chi connectivity index (χ1v) is 24.5. The van der Waals surface area contributed by atoms with Crippen molar-refractivity contribution in [3.63, 3.8) is 0 Å². The molecule has 2 aromatic heterocycles. The number of hydrogen-bond acceptors (Lipinski definition) is 3. The molecule has 13 aromatic rings. The van der Waals surface area contributed by atoms with E-state index >= 15 is 0 Å². The highest BCUT2D eigenvalue weighted by atomic mass is 32.1. The molecule has 11 aromatic carbocycles. The fourth-order valence-corrected chi connectivity index (χ4v) is 12.6. The van der Waals surface area contributed by atoms with E-state index in [-0.39, 0.29) is 0 Å². The zero-order valence-corrected chi connectivity index (χ0v) is 38.1. The molecule has 13 rings (SSSR count). The van der Waals surface area contributed by atoms with Crippen molar-refractivity contribution < 1.29 is 0 Å². The summed E-state index contributed by atoms with van der Waals surface area (Å²) in [6.07, 6.45) is 0. The van der Waals surface area contributed by atoms with Gasteiger partial charge in [0.25, 0.3) is 0 Å². The van der Waals surface area contributed by atoms with E-state index in [0.717, 1.165) is 17.1 Å². The SMILES string of the molecule is c1ccc(-c2ccc3c(c2)sc2c(N(c4ccc(-c5c(-c6ccccc6)ccc6ccccc56)cc4)c4ccc(-c5ccccc5)c5sc6cc(-c7ccccc7)ccc6c45)cccc23)cc1. The zero-order chi connectivity index (χ0) is 44.3. The van der Waals surface area contributed by atoms with Crippen LogP contribution in [0.3, 0.4) is 0 Å². The van der Waals surface area contributed by atoms with Crippen LogP contribution in [0.5, 0.6) is 0 Å². The minimum atomic E-state index is 1.11. The Hall–Kier alpha value is -8.08. The fourth-order valence-electron chi connectivity index (χ4n) is 10.1. The average Bonchev–Trinajstić information content (AvgIpc) is 3.99. The second kappa shape index (κ2) is 16.4. The van der Waals surface area contributed by atoms with Crippen molar-refractivity contribution in [3.05, 3.63) is 249 Å². The zero-order valence-electron chi connectivity index (χ0n) is 36.4. The molecule has 0 aliphatic carbocycles. The molecule has 0 amide bonds. The Bertz CT molecular complexity index is 3950. The quantitative estimate of drug-likeness (QED) is 0.147. The Morgan fingerprint density at radius 2 is 0.806 bits per heavy atom. The third kappa shape index (κ3) is 6.82. The average molecular weight is 888 g/mol. The molecular formula is C64H41NS2. The van der Waals surface area contributed by atoms with E-state index in [9.17, 15) is 0 Å². The molecule has 0 bridgehead atoms. The molecular weight excluding hydrogens is 847 g/mol. The van der Waals surface area contributed by atoms with Crippen molar-refractivity contribution in [2.45, 2.75) is 0 Å². The molecule has 0 aliphatic heterocycles. The first kappa shape index (κ1) is 39.3. The second-order valence-corrected chi connectivity index (χ2v) is 19.3. The van der Waals surface area contributed by atoms with Gasteiger partial charge in [-0.05, 0) is 103 Å². The van der Waals surface area contributed by atoms with Crippen LogP contribution in [0, 0.1) is 0 Å². The number of benzene rings is 11. The predicted molar refractivity (Wildman–Crippen MR) is 292 cm³/mol. The van der Waals surface area contributed by atoms with E-state index in [2.05, 4.69) is 254 Å². The Morgan fingerprint density at radius 1 is 0.284 bits per heavy atom. The van der Waals surface area contributed by atoms with Crippen LogP contribution in [0.15, 0.2) is 249 Å². The lowest BCUT2D eigenvalue weighted by molar-refractivity contribution is 1.32. The molecule has 0 unspecified atom stereocenters. The summed E-state index contributed by atoms with van der Waals surface area (Å²) in [7, 11) is 0. The monoisotopic (exact) mass is 887 g/mol. The summed E-state index contributed by atoms with van der Waals surface area (Å²) in [4.78, 5) is 2.54. The van der Waals surface area contributed by atoms with Crippen molar-refractivity contribution in [2.24, 2.45) is 0 Å². The fraction of sp³-hybridized carbons (Fsp3) is 0. The van der Waals surface area contributed by atoms with Crippen molar-refractivity contribution in [2.75, 3.05) is 4.90 Å². The summed E-state index contributed by atoms with van der Waals surface area (Å²) in [5, 5.41) is 7.54. The number of hydrogen-bond donors (Lipinski definition) is 0. The maximum absolute atomic E-state index is 2.54. The summed E-state index contributed by atoms with van der Waals surface area (Å²) in [6.45, 7) is 0. The predicted octanol–water partition coefficient (Wildman–Crippen LogP) is 19.4. The minimum Gasteiger partial charge on any atom is -0.308 e. The standard InChI is InChI=1S/C64H41NS2/c1-5-16-42(17-6-1)48-31-36-54-55-26-15-27-58(63(55)66-59(54)40-48)65(50-33-28-47(29-34-50)61-51-25-14-13-24-46(51)30-35-52(61)44-20-9-3-10-21-44)57-39-38-53(45-22-11-4-12-23-45)64-62(57)56-37-32-49(41-60(56)67-64)43-18-7-2-8-19-43/h1-41H. The molecule has 3 heteroatoms. The largest absolute Gasteiger partial charge is 0.308 e. The smallest absolute Gasteiger partial charge is 0.0640 e. The highest BCUT2D eigenvalue weighted by Gasteiger charge is 2.24. The van der Waals surface area contributed by atoms with E-state index in [0.29, 0.717) is 0 Å². The van der Waals surface area contributed by atoms with E-state index in [1.165, 1.54) is 107 Å². The Balaban J connectivity index is 1.07. The van der Waals surface area contributed by atoms with Gasteiger partial charge >= 0.3 is 0 Å². The maximum atomic E-state index is 2.54. The minimum absolute atomic E-state index is 1.11. The molecule has 1 nitrogen and oxygen atoms in total. The van der Waals surface area contributed by atoms with Gasteiger partial charge in [0.15, 0.2) is 0 Å². The van der Waals surface area contributed by atoms with Crippen LogP contribution in [0.1, 0.15) is 0 Å². The molecule has 314 valence electrons. The number of fused-ring (bicyclic) bond motifs is 7. The first-order valence-electron chi connectivity index (χ1n) is 22.8. The van der Waals surface area contributed by atoms with Gasteiger partial charge in [-0.1, -0.05) is 212 Å². The van der Waals surface area contributed by atoms with Gasteiger partial charge in [-0.3, -0.25) is 0 Å². The van der Waals surface area contributed by atoms with Crippen LogP contribution in [-0.2, 0) is 0 Å². The summed E-state index contributed by atoms with van der Waals surface area (Å²) in [5.74, 6) is 0. The lowest BCUT2D eigenvalue weighted by Crippen LogP contribution is -2.10. The van der Waals surface area contributed by atoms with Crippen molar-refractivity contribution in [3.8, 4) is 55.6 Å². The summed E-state index contributed by atoms with van der Waals surface area (Å²) in [5.41, 5.74) is 15.7. The molecule has 0 N–H and O–H groups in total. The maximum Gasteiger partial charge on any atom is 0.0640 e. The van der Waals surface area contributed by atoms with Crippen LogP contribution >= 0.6 is 22.7 Å². The third-order valence-electron chi connectivity index (χ3n) is 13.3. The molecule has 0 atom stereocenters. The number of anilines is 3. The summed E-state index contributed by atoms with van der Waals surface area (Å²) < 4.78 is 5.10. The number of nitrogens with zero attached hydrogens (tertiary/aromatic N) is 1. The van der Waals surface area contributed by atoms with Gasteiger partial charge in [-0.2, -0.15) is 0 Å². The Kier molecular flexibility index (Phi) is 9.63. The highest BCUT2D eigenvalue weighted by Crippen LogP contribution is 2.52. The Labute approximate surface area is 397 Å². The molecule has 0 fully saturated rings. The van der Waals surface area contributed by atoms with Gasteiger partial charge in [0, 0.05) is 41.3 Å². The van der Waals surface area contributed by atoms with Gasteiger partial charge < -0.3 is 4.90 Å². The summed E-state index contributed by atoms with van der Waals surface area (Å²) in [6, 6.07) is 91.4. The van der Waals surface area contributed by atoms with Crippen LogP contribution in [0.2, 0.25) is 0 Å². The first-order chi connectivity index (χ1) is 33.2. The van der Waals surface area contributed by atoms with E-state index in [1.807, 2.05) is 22.7 Å². The van der Waals surface area contributed by atoms with E-state index in [4.69, 9.17) is 0 Å².